The number of allylic oxidation sites excluding steroid dienone is 11. The average Bonchev–Trinajstić information content (AvgIpc) is 2.68. The summed E-state index contributed by atoms with van der Waals surface area (Å²) < 4.78 is 4.82. The molecule has 0 heterocycles. The van der Waals surface area contributed by atoms with Crippen molar-refractivity contribution in [2.24, 2.45) is 0 Å². The summed E-state index contributed by atoms with van der Waals surface area (Å²) in [6, 6.07) is 0. The summed E-state index contributed by atoms with van der Waals surface area (Å²) >= 11 is 0. The zero-order chi connectivity index (χ0) is 20.7. The van der Waals surface area contributed by atoms with E-state index in [-0.39, 0.29) is 0 Å². The third kappa shape index (κ3) is 20.0. The lowest BCUT2D eigenvalue weighted by molar-refractivity contribution is -0.133. The van der Waals surface area contributed by atoms with Crippen LogP contribution in [0.2, 0.25) is 0 Å². The van der Waals surface area contributed by atoms with Crippen LogP contribution in [0, 0.1) is 0 Å². The molecule has 0 aromatic heterocycles. The van der Waals surface area contributed by atoms with Gasteiger partial charge in [-0.05, 0) is 25.8 Å². The molecular weight excluding hydrogens is 344 g/mol. The van der Waals surface area contributed by atoms with E-state index in [1.807, 2.05) is 36.5 Å². The summed E-state index contributed by atoms with van der Waals surface area (Å²) in [6.07, 6.45) is 35.1. The van der Waals surface area contributed by atoms with E-state index in [2.05, 4.69) is 31.7 Å². The Bertz CT molecular complexity index is 571. The first-order valence-corrected chi connectivity index (χ1v) is 10.5. The fraction of sp³-hybridized carbons (Fsp3) is 0.423. The normalized spacial score (nSPS) is 12.6. The number of carbonyl (C=O) groups is 1. The van der Waals surface area contributed by atoms with Crippen molar-refractivity contribution in [1.29, 1.82) is 0 Å². The predicted octanol–water partition coefficient (Wildman–Crippen LogP) is 7.93. The molecule has 0 fully saturated rings. The van der Waals surface area contributed by atoms with Crippen LogP contribution in [0.15, 0.2) is 85.3 Å². The number of hydrogen-bond acceptors (Lipinski definition) is 2. The molecule has 28 heavy (non-hydrogen) atoms. The minimum Gasteiger partial charge on any atom is -0.431 e. The van der Waals surface area contributed by atoms with Crippen molar-refractivity contribution >= 4 is 5.97 Å². The Morgan fingerprint density at radius 2 is 1.18 bits per heavy atom. The molecule has 0 rings (SSSR count). The molecule has 0 spiro atoms. The van der Waals surface area contributed by atoms with E-state index >= 15 is 0 Å². The molecule has 0 atom stereocenters. The van der Waals surface area contributed by atoms with E-state index in [4.69, 9.17) is 4.74 Å². The summed E-state index contributed by atoms with van der Waals surface area (Å²) in [5.41, 5.74) is 0.384. The number of hydrogen-bond donors (Lipinski definition) is 0. The van der Waals surface area contributed by atoms with Crippen molar-refractivity contribution in [3.05, 3.63) is 85.3 Å². The van der Waals surface area contributed by atoms with Gasteiger partial charge in [0.1, 0.15) is 0 Å². The van der Waals surface area contributed by atoms with Crippen LogP contribution < -0.4 is 0 Å². The molecule has 2 heteroatoms. The van der Waals surface area contributed by atoms with Crippen molar-refractivity contribution in [2.45, 2.75) is 71.6 Å². The second-order valence-corrected chi connectivity index (χ2v) is 6.75. The highest BCUT2D eigenvalue weighted by molar-refractivity contribution is 5.87. The van der Waals surface area contributed by atoms with Crippen LogP contribution in [0.1, 0.15) is 71.6 Å². The van der Waals surface area contributed by atoms with Gasteiger partial charge in [-0.2, -0.15) is 0 Å². The Kier molecular flexibility index (Phi) is 19.2. The SMILES string of the molecule is C=C(C)C(=O)O/C=C/C=C/C=C/C=C/C=C/C=C/CCCCCCCCCC. The fourth-order valence-corrected chi connectivity index (χ4v) is 2.33. The second-order valence-electron chi connectivity index (χ2n) is 6.75. The van der Waals surface area contributed by atoms with Crippen LogP contribution in [0.3, 0.4) is 0 Å². The van der Waals surface area contributed by atoms with Gasteiger partial charge in [0.05, 0.1) is 6.26 Å². The molecule has 0 saturated heterocycles. The Labute approximate surface area is 172 Å². The molecule has 0 bridgehead atoms. The molecule has 0 aliphatic carbocycles. The van der Waals surface area contributed by atoms with Gasteiger partial charge >= 0.3 is 5.97 Å². The summed E-state index contributed by atoms with van der Waals surface area (Å²) in [4.78, 5) is 11.1. The van der Waals surface area contributed by atoms with E-state index in [9.17, 15) is 4.79 Å². The van der Waals surface area contributed by atoms with Gasteiger partial charge in [0.25, 0.3) is 0 Å². The number of unbranched alkanes of at least 4 members (excludes halogenated alkanes) is 8. The van der Waals surface area contributed by atoms with Crippen LogP contribution in [-0.4, -0.2) is 5.97 Å². The van der Waals surface area contributed by atoms with Gasteiger partial charge in [0.2, 0.25) is 0 Å². The lowest BCUT2D eigenvalue weighted by Gasteiger charge is -1.99. The van der Waals surface area contributed by atoms with Crippen molar-refractivity contribution in [3.8, 4) is 0 Å². The second kappa shape index (κ2) is 21.0. The smallest absolute Gasteiger partial charge is 0.337 e. The molecule has 0 aromatic carbocycles. The molecule has 2 nitrogen and oxygen atoms in total. The Morgan fingerprint density at radius 3 is 1.71 bits per heavy atom. The first kappa shape index (κ1) is 25.7. The minimum absolute atomic E-state index is 0.384. The summed E-state index contributed by atoms with van der Waals surface area (Å²) in [6.45, 7) is 7.38. The molecule has 0 unspecified atom stereocenters. The Morgan fingerprint density at radius 1 is 0.714 bits per heavy atom. The summed E-state index contributed by atoms with van der Waals surface area (Å²) in [5, 5.41) is 0. The minimum atomic E-state index is -0.415. The van der Waals surface area contributed by atoms with Gasteiger partial charge in [-0.25, -0.2) is 4.79 Å². The molecule has 154 valence electrons. The topological polar surface area (TPSA) is 26.3 Å². The van der Waals surface area contributed by atoms with E-state index in [1.165, 1.54) is 64.0 Å². The van der Waals surface area contributed by atoms with Gasteiger partial charge < -0.3 is 4.74 Å². The van der Waals surface area contributed by atoms with E-state index < -0.39 is 5.97 Å². The van der Waals surface area contributed by atoms with Crippen LogP contribution >= 0.6 is 0 Å². The monoisotopic (exact) mass is 382 g/mol. The van der Waals surface area contributed by atoms with E-state index in [0.717, 1.165) is 0 Å². The quantitative estimate of drug-likeness (QED) is 0.0890. The number of ether oxygens (including phenoxy) is 1. The maximum Gasteiger partial charge on any atom is 0.337 e. The zero-order valence-corrected chi connectivity index (χ0v) is 17.8. The largest absolute Gasteiger partial charge is 0.431 e. The van der Waals surface area contributed by atoms with E-state index in [1.54, 1.807) is 19.1 Å². The zero-order valence-electron chi connectivity index (χ0n) is 17.8. The van der Waals surface area contributed by atoms with Crippen molar-refractivity contribution in [3.63, 3.8) is 0 Å². The van der Waals surface area contributed by atoms with Crippen LogP contribution in [0.4, 0.5) is 0 Å². The highest BCUT2D eigenvalue weighted by Crippen LogP contribution is 2.09. The van der Waals surface area contributed by atoms with Crippen molar-refractivity contribution in [2.75, 3.05) is 0 Å². The van der Waals surface area contributed by atoms with Gasteiger partial charge in [-0.3, -0.25) is 0 Å². The molecule has 0 aliphatic rings. The van der Waals surface area contributed by atoms with E-state index in [0.29, 0.717) is 5.57 Å². The lowest BCUT2D eigenvalue weighted by Crippen LogP contribution is -1.98. The molecule has 0 aliphatic heterocycles. The molecule has 0 radical (unpaired) electrons. The standard InChI is InChI=1S/C26H38O2/c1-4-5-6-7-8-9-10-11-12-13-14-15-16-17-18-19-20-21-22-23-24-28-26(27)25(2)3/h13-24H,2,4-12H2,1,3H3/b14-13+,16-15+,18-17+,20-19+,22-21+,24-23+. The first-order valence-electron chi connectivity index (χ1n) is 10.5. The molecule has 0 amide bonds. The van der Waals surface area contributed by atoms with Gasteiger partial charge in [0.15, 0.2) is 0 Å². The predicted molar refractivity (Wildman–Crippen MR) is 123 cm³/mol. The highest BCUT2D eigenvalue weighted by atomic mass is 16.5. The third-order valence-electron chi connectivity index (χ3n) is 3.96. The van der Waals surface area contributed by atoms with Gasteiger partial charge in [-0.15, -0.1) is 0 Å². The van der Waals surface area contributed by atoms with Crippen LogP contribution in [0.5, 0.6) is 0 Å². The molecule has 0 aromatic rings. The maximum absolute atomic E-state index is 11.1. The summed E-state index contributed by atoms with van der Waals surface area (Å²) in [5.74, 6) is -0.415. The highest BCUT2D eigenvalue weighted by Gasteiger charge is 1.97. The number of esters is 1. The lowest BCUT2D eigenvalue weighted by atomic mass is 10.1. The van der Waals surface area contributed by atoms with Crippen molar-refractivity contribution < 1.29 is 9.53 Å². The van der Waals surface area contributed by atoms with Crippen molar-refractivity contribution in [1.82, 2.24) is 0 Å². The first-order chi connectivity index (χ1) is 13.7. The van der Waals surface area contributed by atoms with Crippen LogP contribution in [-0.2, 0) is 9.53 Å². The maximum atomic E-state index is 11.1. The fourth-order valence-electron chi connectivity index (χ4n) is 2.33. The van der Waals surface area contributed by atoms with Gasteiger partial charge in [0, 0.05) is 5.57 Å². The number of rotatable bonds is 16. The average molecular weight is 383 g/mol. The molecular formula is C26H38O2. The molecule has 0 saturated carbocycles. The Balaban J connectivity index is 3.64. The molecule has 0 N–H and O–H groups in total. The number of carbonyl (C=O) groups excluding carboxylic acids is 1. The Hall–Kier alpha value is -2.35. The third-order valence-corrected chi connectivity index (χ3v) is 3.96. The van der Waals surface area contributed by atoms with Crippen LogP contribution in [0.25, 0.3) is 0 Å². The summed E-state index contributed by atoms with van der Waals surface area (Å²) in [7, 11) is 0. The van der Waals surface area contributed by atoms with Gasteiger partial charge in [-0.1, -0.05) is 119 Å².